The Morgan fingerprint density at radius 1 is 1.08 bits per heavy atom. The van der Waals surface area contributed by atoms with Crippen LogP contribution in [0.5, 0.6) is 0 Å². The first-order valence-corrected chi connectivity index (χ1v) is 8.81. The molecule has 0 bridgehead atoms. The van der Waals surface area contributed by atoms with Gasteiger partial charge in [0.15, 0.2) is 0 Å². The molecule has 70 valence electrons. The van der Waals surface area contributed by atoms with Gasteiger partial charge in [-0.2, -0.15) is 0 Å². The zero-order chi connectivity index (χ0) is 9.03. The second-order valence-corrected chi connectivity index (χ2v) is 10.4. The van der Waals surface area contributed by atoms with E-state index in [0.29, 0.717) is 0 Å². The van der Waals surface area contributed by atoms with Crippen molar-refractivity contribution in [3.63, 3.8) is 0 Å². The molecule has 0 aromatic carbocycles. The van der Waals surface area contributed by atoms with Gasteiger partial charge in [-0.25, -0.2) is 0 Å². The van der Waals surface area contributed by atoms with Crippen LogP contribution in [-0.2, 0) is 0 Å². The largest absolute Gasteiger partial charge is 0.297 e. The lowest BCUT2D eigenvalue weighted by molar-refractivity contribution is 0.665. The van der Waals surface area contributed by atoms with Gasteiger partial charge >= 0.3 is 0 Å². The van der Waals surface area contributed by atoms with E-state index in [1.807, 2.05) is 0 Å². The predicted molar refractivity (Wildman–Crippen MR) is 58.7 cm³/mol. The SMILES string of the molecule is C[Si](C)(C)CN=C1CCCCC1. The Bertz CT molecular complexity index is 159. The molecular weight excluding hydrogens is 162 g/mol. The van der Waals surface area contributed by atoms with Crippen molar-refractivity contribution in [3.8, 4) is 0 Å². The molecule has 0 spiro atoms. The summed E-state index contributed by atoms with van der Waals surface area (Å²) in [7, 11) is -0.929. The summed E-state index contributed by atoms with van der Waals surface area (Å²) in [5, 5.41) is 0. The fourth-order valence-corrected chi connectivity index (χ4v) is 2.16. The molecule has 0 aromatic rings. The highest BCUT2D eigenvalue weighted by Gasteiger charge is 2.13. The normalized spacial score (nSPS) is 19.4. The van der Waals surface area contributed by atoms with Gasteiger partial charge in [-0.05, 0) is 25.7 Å². The van der Waals surface area contributed by atoms with Gasteiger partial charge in [0, 0.05) is 11.9 Å². The first kappa shape index (κ1) is 9.97. The van der Waals surface area contributed by atoms with Crippen LogP contribution in [0.4, 0.5) is 0 Å². The Kier molecular flexibility index (Phi) is 3.50. The molecule has 1 nitrogen and oxygen atoms in total. The average molecular weight is 183 g/mol. The average Bonchev–Trinajstić information content (AvgIpc) is 2.02. The van der Waals surface area contributed by atoms with Crippen LogP contribution >= 0.6 is 0 Å². The number of rotatable bonds is 2. The van der Waals surface area contributed by atoms with Crippen molar-refractivity contribution in [2.75, 3.05) is 6.17 Å². The molecule has 0 atom stereocenters. The fraction of sp³-hybridized carbons (Fsp3) is 0.900. The van der Waals surface area contributed by atoms with Gasteiger partial charge < -0.3 is 0 Å². The van der Waals surface area contributed by atoms with E-state index in [9.17, 15) is 0 Å². The van der Waals surface area contributed by atoms with E-state index >= 15 is 0 Å². The molecule has 0 aliphatic heterocycles. The third kappa shape index (κ3) is 4.05. The van der Waals surface area contributed by atoms with Gasteiger partial charge in [-0.1, -0.05) is 26.1 Å². The van der Waals surface area contributed by atoms with Crippen LogP contribution in [0.3, 0.4) is 0 Å². The third-order valence-electron chi connectivity index (χ3n) is 2.21. The monoisotopic (exact) mass is 183 g/mol. The highest BCUT2D eigenvalue weighted by atomic mass is 28.3. The second kappa shape index (κ2) is 4.22. The minimum Gasteiger partial charge on any atom is -0.297 e. The van der Waals surface area contributed by atoms with Crippen molar-refractivity contribution in [3.05, 3.63) is 0 Å². The predicted octanol–water partition coefficient (Wildman–Crippen LogP) is 3.27. The summed E-state index contributed by atoms with van der Waals surface area (Å²) >= 11 is 0. The quantitative estimate of drug-likeness (QED) is 0.583. The minimum atomic E-state index is -0.929. The van der Waals surface area contributed by atoms with Gasteiger partial charge in [-0.15, -0.1) is 0 Å². The zero-order valence-corrected chi connectivity index (χ0v) is 9.69. The summed E-state index contributed by atoms with van der Waals surface area (Å²) in [5.41, 5.74) is 1.50. The molecule has 0 N–H and O–H groups in total. The van der Waals surface area contributed by atoms with Crippen molar-refractivity contribution in [1.29, 1.82) is 0 Å². The van der Waals surface area contributed by atoms with Crippen LogP contribution in [0.1, 0.15) is 32.1 Å². The van der Waals surface area contributed by atoms with Gasteiger partial charge in [-0.3, -0.25) is 4.99 Å². The van der Waals surface area contributed by atoms with Crippen LogP contribution < -0.4 is 0 Å². The van der Waals surface area contributed by atoms with Crippen molar-refractivity contribution in [2.24, 2.45) is 4.99 Å². The summed E-state index contributed by atoms with van der Waals surface area (Å²) in [6.07, 6.45) is 7.89. The van der Waals surface area contributed by atoms with Crippen LogP contribution in [-0.4, -0.2) is 20.0 Å². The molecule has 2 heteroatoms. The van der Waals surface area contributed by atoms with Crippen LogP contribution in [0, 0.1) is 0 Å². The Morgan fingerprint density at radius 3 is 2.17 bits per heavy atom. The molecule has 0 saturated heterocycles. The first-order chi connectivity index (χ1) is 5.58. The zero-order valence-electron chi connectivity index (χ0n) is 8.69. The molecule has 1 rings (SSSR count). The van der Waals surface area contributed by atoms with E-state index in [1.54, 1.807) is 0 Å². The molecule has 12 heavy (non-hydrogen) atoms. The van der Waals surface area contributed by atoms with Gasteiger partial charge in [0.2, 0.25) is 0 Å². The molecule has 1 aliphatic carbocycles. The van der Waals surface area contributed by atoms with Crippen molar-refractivity contribution < 1.29 is 0 Å². The smallest absolute Gasteiger partial charge is 0.0692 e. The molecule has 0 radical (unpaired) electrons. The number of hydrogen-bond donors (Lipinski definition) is 0. The van der Waals surface area contributed by atoms with Crippen molar-refractivity contribution in [1.82, 2.24) is 0 Å². The van der Waals surface area contributed by atoms with Crippen molar-refractivity contribution in [2.45, 2.75) is 51.7 Å². The van der Waals surface area contributed by atoms with E-state index in [0.717, 1.165) is 6.17 Å². The van der Waals surface area contributed by atoms with Gasteiger partial charge in [0.25, 0.3) is 0 Å². The summed E-state index contributed by atoms with van der Waals surface area (Å²) in [4.78, 5) is 4.73. The molecule has 0 aromatic heterocycles. The Labute approximate surface area is 77.3 Å². The Balaban J connectivity index is 2.35. The van der Waals surface area contributed by atoms with Crippen LogP contribution in [0.25, 0.3) is 0 Å². The summed E-state index contributed by atoms with van der Waals surface area (Å²) in [5.74, 6) is 0. The topological polar surface area (TPSA) is 12.4 Å². The molecule has 1 aliphatic rings. The summed E-state index contributed by atoms with van der Waals surface area (Å²) in [6.45, 7) is 7.17. The third-order valence-corrected chi connectivity index (χ3v) is 3.31. The maximum atomic E-state index is 4.73. The number of nitrogens with zero attached hydrogens (tertiary/aromatic N) is 1. The lowest BCUT2D eigenvalue weighted by Crippen LogP contribution is -2.26. The van der Waals surface area contributed by atoms with E-state index in [-0.39, 0.29) is 0 Å². The highest BCUT2D eigenvalue weighted by Crippen LogP contribution is 2.15. The van der Waals surface area contributed by atoms with Crippen LogP contribution in [0.15, 0.2) is 4.99 Å². The van der Waals surface area contributed by atoms with E-state index in [4.69, 9.17) is 4.99 Å². The molecule has 0 unspecified atom stereocenters. The Hall–Kier alpha value is -0.113. The molecule has 1 fully saturated rings. The highest BCUT2D eigenvalue weighted by molar-refractivity contribution is 6.76. The first-order valence-electron chi connectivity index (χ1n) is 5.10. The summed E-state index contributed by atoms with van der Waals surface area (Å²) < 4.78 is 0. The molecule has 0 amide bonds. The fourth-order valence-electron chi connectivity index (χ4n) is 1.47. The van der Waals surface area contributed by atoms with Gasteiger partial charge in [0.1, 0.15) is 0 Å². The maximum absolute atomic E-state index is 4.73. The standard InChI is InChI=1S/C10H21NSi/c1-12(2,3)9-11-10-7-5-4-6-8-10/h4-9H2,1-3H3. The van der Waals surface area contributed by atoms with E-state index in [1.165, 1.54) is 37.8 Å². The van der Waals surface area contributed by atoms with Crippen LogP contribution in [0.2, 0.25) is 19.6 Å². The van der Waals surface area contributed by atoms with Gasteiger partial charge in [0.05, 0.1) is 8.07 Å². The van der Waals surface area contributed by atoms with E-state index < -0.39 is 8.07 Å². The van der Waals surface area contributed by atoms with Crippen molar-refractivity contribution >= 4 is 13.8 Å². The second-order valence-electron chi connectivity index (χ2n) is 5.00. The lowest BCUT2D eigenvalue weighted by atomic mass is 9.99. The Morgan fingerprint density at radius 2 is 1.67 bits per heavy atom. The van der Waals surface area contributed by atoms with E-state index in [2.05, 4.69) is 19.6 Å². The molecule has 0 heterocycles. The minimum absolute atomic E-state index is 0.929. The lowest BCUT2D eigenvalue weighted by Gasteiger charge is -2.16. The summed E-state index contributed by atoms with van der Waals surface area (Å²) in [6, 6.07) is 0. The maximum Gasteiger partial charge on any atom is 0.0692 e. The number of aliphatic imine (C=N–C) groups is 1. The number of hydrogen-bond acceptors (Lipinski definition) is 1. The molecule has 1 saturated carbocycles. The molecular formula is C10H21NSi.